The first-order valence-corrected chi connectivity index (χ1v) is 9.26. The summed E-state index contributed by atoms with van der Waals surface area (Å²) in [5.41, 5.74) is 3.48. The predicted molar refractivity (Wildman–Crippen MR) is 109 cm³/mol. The van der Waals surface area contributed by atoms with Crippen molar-refractivity contribution in [3.05, 3.63) is 47.0 Å². The maximum Gasteiger partial charge on any atom is 0.243 e. The normalized spacial score (nSPS) is 14.0. The summed E-state index contributed by atoms with van der Waals surface area (Å²) < 4.78 is 10.7. The minimum Gasteiger partial charge on any atom is -0.495 e. The van der Waals surface area contributed by atoms with Crippen molar-refractivity contribution in [3.8, 4) is 5.75 Å². The van der Waals surface area contributed by atoms with Crippen LogP contribution >= 0.6 is 11.6 Å². The second-order valence-electron chi connectivity index (χ2n) is 6.32. The van der Waals surface area contributed by atoms with E-state index in [2.05, 4.69) is 21.6 Å². The van der Waals surface area contributed by atoms with Gasteiger partial charge in [-0.15, -0.1) is 0 Å². The van der Waals surface area contributed by atoms with Gasteiger partial charge in [0, 0.05) is 24.2 Å². The first-order chi connectivity index (χ1) is 13.1. The molecule has 0 bridgehead atoms. The summed E-state index contributed by atoms with van der Waals surface area (Å²) in [7, 11) is 1.55. The molecule has 3 rings (SSSR count). The third-order valence-corrected chi connectivity index (χ3v) is 4.86. The lowest BCUT2D eigenvalue weighted by molar-refractivity contribution is -0.114. The number of ether oxygens (including phenoxy) is 2. The standard InChI is InChI=1S/C20H24ClN3O3/c1-14-11-17(19(26-2)12-15(14)21)23-20(25)13-22-16-5-3-4-6-18(16)24-7-9-27-10-8-24/h3-6,11-12,22H,7-10,13H2,1-2H3,(H,23,25). The molecule has 1 amide bonds. The number of hydrogen-bond donors (Lipinski definition) is 2. The lowest BCUT2D eigenvalue weighted by Gasteiger charge is -2.30. The molecule has 0 aromatic heterocycles. The Kier molecular flexibility index (Phi) is 6.42. The van der Waals surface area contributed by atoms with Crippen molar-refractivity contribution in [2.24, 2.45) is 0 Å². The van der Waals surface area contributed by atoms with E-state index < -0.39 is 0 Å². The van der Waals surface area contributed by atoms with Gasteiger partial charge in [-0.25, -0.2) is 0 Å². The van der Waals surface area contributed by atoms with Crippen molar-refractivity contribution in [1.82, 2.24) is 0 Å². The molecule has 1 aliphatic heterocycles. The Morgan fingerprint density at radius 2 is 1.96 bits per heavy atom. The Balaban J connectivity index is 1.66. The van der Waals surface area contributed by atoms with Crippen molar-refractivity contribution in [3.63, 3.8) is 0 Å². The zero-order valence-corrected chi connectivity index (χ0v) is 16.3. The summed E-state index contributed by atoms with van der Waals surface area (Å²) in [4.78, 5) is 14.7. The molecular formula is C20H24ClN3O3. The Hall–Kier alpha value is -2.44. The number of anilines is 3. The number of benzene rings is 2. The van der Waals surface area contributed by atoms with E-state index in [-0.39, 0.29) is 12.5 Å². The van der Waals surface area contributed by atoms with E-state index in [1.54, 1.807) is 19.2 Å². The van der Waals surface area contributed by atoms with Gasteiger partial charge in [0.15, 0.2) is 0 Å². The molecule has 0 unspecified atom stereocenters. The van der Waals surface area contributed by atoms with E-state index in [1.807, 2.05) is 25.1 Å². The molecule has 7 heteroatoms. The van der Waals surface area contributed by atoms with Crippen LogP contribution in [0.15, 0.2) is 36.4 Å². The smallest absolute Gasteiger partial charge is 0.243 e. The van der Waals surface area contributed by atoms with Crippen LogP contribution in [0.5, 0.6) is 5.75 Å². The van der Waals surface area contributed by atoms with Gasteiger partial charge in [0.05, 0.1) is 43.9 Å². The molecule has 2 aromatic carbocycles. The van der Waals surface area contributed by atoms with Crippen LogP contribution in [0.25, 0.3) is 0 Å². The fourth-order valence-electron chi connectivity index (χ4n) is 3.00. The summed E-state index contributed by atoms with van der Waals surface area (Å²) >= 11 is 6.11. The second kappa shape index (κ2) is 8.97. The molecule has 0 saturated carbocycles. The minimum atomic E-state index is -0.160. The molecule has 0 aliphatic carbocycles. The topological polar surface area (TPSA) is 62.8 Å². The lowest BCUT2D eigenvalue weighted by Crippen LogP contribution is -2.36. The van der Waals surface area contributed by atoms with Gasteiger partial charge in [0.1, 0.15) is 5.75 Å². The van der Waals surface area contributed by atoms with E-state index in [9.17, 15) is 4.79 Å². The number of aryl methyl sites for hydroxylation is 1. The number of halogens is 1. The van der Waals surface area contributed by atoms with Gasteiger partial charge in [-0.2, -0.15) is 0 Å². The largest absolute Gasteiger partial charge is 0.495 e. The molecule has 6 nitrogen and oxygen atoms in total. The van der Waals surface area contributed by atoms with E-state index >= 15 is 0 Å². The van der Waals surface area contributed by atoms with Crippen LogP contribution in [0.2, 0.25) is 5.02 Å². The number of hydrogen-bond acceptors (Lipinski definition) is 5. The summed E-state index contributed by atoms with van der Waals surface area (Å²) in [6.07, 6.45) is 0. The molecule has 1 fully saturated rings. The van der Waals surface area contributed by atoms with Gasteiger partial charge in [0.25, 0.3) is 0 Å². The molecule has 144 valence electrons. The molecular weight excluding hydrogens is 366 g/mol. The van der Waals surface area contributed by atoms with Crippen LogP contribution in [-0.2, 0) is 9.53 Å². The molecule has 2 aromatic rings. The van der Waals surface area contributed by atoms with Crippen LogP contribution in [-0.4, -0.2) is 45.9 Å². The Labute approximate surface area is 164 Å². The predicted octanol–water partition coefficient (Wildman–Crippen LogP) is 3.54. The van der Waals surface area contributed by atoms with Crippen LogP contribution in [0.3, 0.4) is 0 Å². The monoisotopic (exact) mass is 389 g/mol. The summed E-state index contributed by atoms with van der Waals surface area (Å²) in [5, 5.41) is 6.71. The Morgan fingerprint density at radius 3 is 2.70 bits per heavy atom. The molecule has 1 aliphatic rings. The Bertz CT molecular complexity index is 807. The highest BCUT2D eigenvalue weighted by molar-refractivity contribution is 6.31. The first kappa shape index (κ1) is 19.3. The SMILES string of the molecule is COc1cc(Cl)c(C)cc1NC(=O)CNc1ccccc1N1CCOCC1. The number of amides is 1. The van der Waals surface area contributed by atoms with Crippen molar-refractivity contribution in [1.29, 1.82) is 0 Å². The summed E-state index contributed by atoms with van der Waals surface area (Å²) in [6.45, 7) is 5.13. The highest BCUT2D eigenvalue weighted by atomic mass is 35.5. The highest BCUT2D eigenvalue weighted by Crippen LogP contribution is 2.31. The van der Waals surface area contributed by atoms with Crippen molar-refractivity contribution in [2.45, 2.75) is 6.92 Å². The highest BCUT2D eigenvalue weighted by Gasteiger charge is 2.15. The zero-order valence-electron chi connectivity index (χ0n) is 15.5. The van der Waals surface area contributed by atoms with Gasteiger partial charge in [-0.3, -0.25) is 4.79 Å². The van der Waals surface area contributed by atoms with Gasteiger partial charge >= 0.3 is 0 Å². The van der Waals surface area contributed by atoms with Gasteiger partial charge in [-0.05, 0) is 30.7 Å². The van der Waals surface area contributed by atoms with Crippen LogP contribution in [0.1, 0.15) is 5.56 Å². The Morgan fingerprint density at radius 1 is 1.22 bits per heavy atom. The molecule has 1 heterocycles. The van der Waals surface area contributed by atoms with E-state index in [1.165, 1.54) is 0 Å². The van der Waals surface area contributed by atoms with E-state index in [0.29, 0.717) is 29.7 Å². The quantitative estimate of drug-likeness (QED) is 0.791. The number of nitrogens with one attached hydrogen (secondary N) is 2. The first-order valence-electron chi connectivity index (χ1n) is 8.88. The maximum atomic E-state index is 12.4. The van der Waals surface area contributed by atoms with Gasteiger partial charge in [0.2, 0.25) is 5.91 Å². The number of carbonyl (C=O) groups excluding carboxylic acids is 1. The molecule has 0 spiro atoms. The van der Waals surface area contributed by atoms with E-state index in [0.717, 1.165) is 30.0 Å². The third-order valence-electron chi connectivity index (χ3n) is 4.45. The fourth-order valence-corrected chi connectivity index (χ4v) is 3.16. The maximum absolute atomic E-state index is 12.4. The summed E-state index contributed by atoms with van der Waals surface area (Å²) in [6, 6.07) is 11.5. The van der Waals surface area contributed by atoms with Crippen LogP contribution < -0.4 is 20.3 Å². The van der Waals surface area contributed by atoms with Crippen molar-refractivity contribution >= 4 is 34.6 Å². The third kappa shape index (κ3) is 4.84. The average molecular weight is 390 g/mol. The number of morpholine rings is 1. The molecule has 0 atom stereocenters. The van der Waals surface area contributed by atoms with Crippen molar-refractivity contribution < 1.29 is 14.3 Å². The average Bonchev–Trinajstić information content (AvgIpc) is 2.70. The number of para-hydroxylation sites is 2. The number of carbonyl (C=O) groups is 1. The summed E-state index contributed by atoms with van der Waals surface area (Å²) in [5.74, 6) is 0.375. The zero-order chi connectivity index (χ0) is 19.2. The molecule has 0 radical (unpaired) electrons. The van der Waals surface area contributed by atoms with Crippen LogP contribution in [0, 0.1) is 6.92 Å². The molecule has 2 N–H and O–H groups in total. The van der Waals surface area contributed by atoms with Crippen LogP contribution in [0.4, 0.5) is 17.1 Å². The number of rotatable bonds is 6. The van der Waals surface area contributed by atoms with Gasteiger partial charge in [-0.1, -0.05) is 23.7 Å². The molecule has 1 saturated heterocycles. The lowest BCUT2D eigenvalue weighted by atomic mass is 10.2. The van der Waals surface area contributed by atoms with E-state index in [4.69, 9.17) is 21.1 Å². The van der Waals surface area contributed by atoms with Crippen molar-refractivity contribution in [2.75, 3.05) is 55.5 Å². The number of methoxy groups -OCH3 is 1. The number of nitrogens with zero attached hydrogens (tertiary/aromatic N) is 1. The molecule has 27 heavy (non-hydrogen) atoms. The fraction of sp³-hybridized carbons (Fsp3) is 0.350. The van der Waals surface area contributed by atoms with Gasteiger partial charge < -0.3 is 25.0 Å². The minimum absolute atomic E-state index is 0.145. The second-order valence-corrected chi connectivity index (χ2v) is 6.73.